The minimum absolute atomic E-state index is 0.0255. The van der Waals surface area contributed by atoms with Crippen LogP contribution in [0, 0.1) is 10.1 Å². The lowest BCUT2D eigenvalue weighted by Crippen LogP contribution is -2.05. The van der Waals surface area contributed by atoms with Crippen molar-refractivity contribution in [2.45, 2.75) is 0 Å². The van der Waals surface area contributed by atoms with Crippen LogP contribution in [-0.4, -0.2) is 15.7 Å². The second-order valence-electron chi connectivity index (χ2n) is 3.57. The number of benzene rings is 1. The van der Waals surface area contributed by atoms with E-state index >= 15 is 0 Å². The Morgan fingerprint density at radius 1 is 1.28 bits per heavy atom. The second kappa shape index (κ2) is 4.62. The topological polar surface area (TPSA) is 99.1 Å². The molecule has 0 fully saturated rings. The van der Waals surface area contributed by atoms with Gasteiger partial charge in [0, 0.05) is 17.8 Å². The Hall–Kier alpha value is -2.76. The highest BCUT2D eigenvalue weighted by molar-refractivity contribution is 6.08. The van der Waals surface area contributed by atoms with Crippen molar-refractivity contribution in [1.29, 1.82) is 0 Å². The molecular formula is C12H9N3O3. The molecule has 1 aromatic carbocycles. The summed E-state index contributed by atoms with van der Waals surface area (Å²) < 4.78 is 0. The zero-order chi connectivity index (χ0) is 13.1. The molecule has 0 spiro atoms. The molecule has 2 rings (SSSR count). The molecule has 6 heteroatoms. The molecule has 0 radical (unpaired) electrons. The van der Waals surface area contributed by atoms with Crippen LogP contribution in [0.15, 0.2) is 42.6 Å². The summed E-state index contributed by atoms with van der Waals surface area (Å²) in [6, 6.07) is 8.85. The van der Waals surface area contributed by atoms with Crippen LogP contribution in [0.3, 0.4) is 0 Å². The molecule has 0 unspecified atom stereocenters. The van der Waals surface area contributed by atoms with Crippen LogP contribution >= 0.6 is 0 Å². The number of carbonyl (C=O) groups excluding carboxylic acids is 1. The van der Waals surface area contributed by atoms with Gasteiger partial charge in [-0.05, 0) is 24.3 Å². The molecule has 0 amide bonds. The molecule has 0 aliphatic carbocycles. The number of hydrogen-bond donors (Lipinski definition) is 1. The third-order valence-electron chi connectivity index (χ3n) is 2.39. The van der Waals surface area contributed by atoms with Crippen molar-refractivity contribution in [2.75, 3.05) is 5.73 Å². The number of nitrogens with two attached hydrogens (primary N) is 1. The van der Waals surface area contributed by atoms with Gasteiger partial charge in [0.25, 0.3) is 5.69 Å². The van der Waals surface area contributed by atoms with Crippen LogP contribution in [0.4, 0.5) is 11.4 Å². The number of carbonyl (C=O) groups is 1. The molecule has 0 saturated carbocycles. The summed E-state index contributed by atoms with van der Waals surface area (Å²) in [5.74, 6) is -0.376. The van der Waals surface area contributed by atoms with E-state index in [1.807, 2.05) is 0 Å². The van der Waals surface area contributed by atoms with Crippen molar-refractivity contribution in [3.05, 3.63) is 64.0 Å². The van der Waals surface area contributed by atoms with Gasteiger partial charge >= 0.3 is 0 Å². The molecule has 2 N–H and O–H groups in total. The number of ketones is 1. The second-order valence-corrected chi connectivity index (χ2v) is 3.57. The highest BCUT2D eigenvalue weighted by atomic mass is 16.6. The summed E-state index contributed by atoms with van der Waals surface area (Å²) in [6.45, 7) is 0. The van der Waals surface area contributed by atoms with E-state index in [0.717, 1.165) is 6.07 Å². The predicted octanol–water partition coefficient (Wildman–Crippen LogP) is 1.80. The van der Waals surface area contributed by atoms with Gasteiger partial charge in [-0.15, -0.1) is 0 Å². The van der Waals surface area contributed by atoms with Crippen molar-refractivity contribution < 1.29 is 9.72 Å². The molecule has 18 heavy (non-hydrogen) atoms. The number of aromatic nitrogens is 1. The molecule has 2 aromatic rings. The normalized spacial score (nSPS) is 10.0. The van der Waals surface area contributed by atoms with Gasteiger partial charge in [-0.25, -0.2) is 0 Å². The first-order valence-corrected chi connectivity index (χ1v) is 5.09. The summed E-state index contributed by atoms with van der Waals surface area (Å²) >= 11 is 0. The predicted molar refractivity (Wildman–Crippen MR) is 65.2 cm³/mol. The lowest BCUT2D eigenvalue weighted by atomic mass is 10.1. The maximum absolute atomic E-state index is 12.0. The summed E-state index contributed by atoms with van der Waals surface area (Å²) in [7, 11) is 0. The first-order valence-electron chi connectivity index (χ1n) is 5.09. The zero-order valence-corrected chi connectivity index (χ0v) is 9.24. The van der Waals surface area contributed by atoms with Gasteiger partial charge < -0.3 is 5.73 Å². The SMILES string of the molecule is Nc1ccc(C(=O)c2ccccn2)cc1[N+](=O)[O-]. The number of nitro benzene ring substituents is 1. The first-order chi connectivity index (χ1) is 8.59. The van der Waals surface area contributed by atoms with Crippen molar-refractivity contribution >= 4 is 17.2 Å². The van der Waals surface area contributed by atoms with Gasteiger partial charge in [0.05, 0.1) is 4.92 Å². The van der Waals surface area contributed by atoms with Crippen molar-refractivity contribution in [1.82, 2.24) is 4.98 Å². The van der Waals surface area contributed by atoms with Crippen molar-refractivity contribution in [3.63, 3.8) is 0 Å². The Labute approximate surface area is 102 Å². The van der Waals surface area contributed by atoms with Crippen molar-refractivity contribution in [3.8, 4) is 0 Å². The number of pyridine rings is 1. The smallest absolute Gasteiger partial charge is 0.292 e. The third kappa shape index (κ3) is 2.17. The lowest BCUT2D eigenvalue weighted by molar-refractivity contribution is -0.383. The van der Waals surface area contributed by atoms with E-state index in [2.05, 4.69) is 4.98 Å². The molecule has 6 nitrogen and oxygen atoms in total. The zero-order valence-electron chi connectivity index (χ0n) is 9.24. The molecule has 1 heterocycles. The van der Waals surface area contributed by atoms with E-state index in [9.17, 15) is 14.9 Å². The van der Waals surface area contributed by atoms with Crippen LogP contribution in [0.5, 0.6) is 0 Å². The Balaban J connectivity index is 2.44. The largest absolute Gasteiger partial charge is 0.393 e. The molecule has 1 aromatic heterocycles. The Bertz CT molecular complexity index is 611. The Kier molecular flexibility index (Phi) is 3.01. The molecule has 90 valence electrons. The molecule has 0 aliphatic rings. The number of rotatable bonds is 3. The van der Waals surface area contributed by atoms with E-state index in [4.69, 9.17) is 5.73 Å². The Morgan fingerprint density at radius 3 is 2.67 bits per heavy atom. The number of nitrogen functional groups attached to an aromatic ring is 1. The van der Waals surface area contributed by atoms with E-state index in [1.165, 1.54) is 18.3 Å². The van der Waals surface area contributed by atoms with Crippen LogP contribution < -0.4 is 5.73 Å². The minimum atomic E-state index is -0.621. The van der Waals surface area contributed by atoms with Crippen LogP contribution in [-0.2, 0) is 0 Å². The van der Waals surface area contributed by atoms with E-state index in [0.29, 0.717) is 0 Å². The maximum atomic E-state index is 12.0. The van der Waals surface area contributed by atoms with Gasteiger partial charge in [0.2, 0.25) is 5.78 Å². The summed E-state index contributed by atoms with van der Waals surface area (Å²) in [5, 5.41) is 10.7. The lowest BCUT2D eigenvalue weighted by Gasteiger charge is -2.02. The fourth-order valence-electron chi connectivity index (χ4n) is 1.49. The number of hydrogen-bond acceptors (Lipinski definition) is 5. The standard InChI is InChI=1S/C12H9N3O3/c13-9-5-4-8(7-11(9)15(17)18)12(16)10-3-1-2-6-14-10/h1-7H,13H2. The van der Waals surface area contributed by atoms with Crippen LogP contribution in [0.25, 0.3) is 0 Å². The highest BCUT2D eigenvalue weighted by Crippen LogP contribution is 2.23. The number of nitrogens with zero attached hydrogens (tertiary/aromatic N) is 2. The fraction of sp³-hybridized carbons (Fsp3) is 0. The summed E-state index contributed by atoms with van der Waals surface area (Å²) in [4.78, 5) is 26.0. The number of nitro groups is 1. The minimum Gasteiger partial charge on any atom is -0.393 e. The van der Waals surface area contributed by atoms with E-state index < -0.39 is 4.92 Å². The summed E-state index contributed by atoms with van der Waals surface area (Å²) in [6.07, 6.45) is 1.49. The molecular weight excluding hydrogens is 234 g/mol. The average molecular weight is 243 g/mol. The van der Waals surface area contributed by atoms with Gasteiger partial charge in [0.15, 0.2) is 0 Å². The quantitative estimate of drug-likeness (QED) is 0.383. The van der Waals surface area contributed by atoms with Crippen LogP contribution in [0.2, 0.25) is 0 Å². The van der Waals surface area contributed by atoms with Crippen molar-refractivity contribution in [2.24, 2.45) is 0 Å². The van der Waals surface area contributed by atoms with Gasteiger partial charge in [-0.2, -0.15) is 0 Å². The molecule has 0 aliphatic heterocycles. The maximum Gasteiger partial charge on any atom is 0.292 e. The highest BCUT2D eigenvalue weighted by Gasteiger charge is 2.17. The molecule has 0 bridgehead atoms. The monoisotopic (exact) mass is 243 g/mol. The number of anilines is 1. The van der Waals surface area contributed by atoms with Gasteiger partial charge in [0.1, 0.15) is 11.4 Å². The third-order valence-corrected chi connectivity index (χ3v) is 2.39. The average Bonchev–Trinajstić information content (AvgIpc) is 2.39. The van der Waals surface area contributed by atoms with Crippen LogP contribution in [0.1, 0.15) is 16.1 Å². The van der Waals surface area contributed by atoms with E-state index in [-0.39, 0.29) is 28.4 Å². The molecule has 0 saturated heterocycles. The van der Waals surface area contributed by atoms with Gasteiger partial charge in [-0.3, -0.25) is 19.9 Å². The van der Waals surface area contributed by atoms with Gasteiger partial charge in [-0.1, -0.05) is 6.07 Å². The Morgan fingerprint density at radius 2 is 2.06 bits per heavy atom. The first kappa shape index (κ1) is 11.7. The van der Waals surface area contributed by atoms with E-state index in [1.54, 1.807) is 18.2 Å². The molecule has 0 atom stereocenters. The summed E-state index contributed by atoms with van der Waals surface area (Å²) in [5.41, 5.74) is 5.63. The fourth-order valence-corrected chi connectivity index (χ4v) is 1.49.